The van der Waals surface area contributed by atoms with Gasteiger partial charge in [-0.2, -0.15) is 0 Å². The summed E-state index contributed by atoms with van der Waals surface area (Å²) in [5, 5.41) is 87.8. The lowest BCUT2D eigenvalue weighted by atomic mass is 9.65. The van der Waals surface area contributed by atoms with E-state index in [2.05, 4.69) is 0 Å². The van der Waals surface area contributed by atoms with Crippen LogP contribution in [0.15, 0.2) is 95.1 Å². The van der Waals surface area contributed by atoms with Crippen LogP contribution in [0.25, 0.3) is 5.76 Å². The fraction of sp³-hybridized carbons (Fsp3) is 0.267. The standard InChI is InChI=1S/C45H46O10/c1-22(2)6-8-25-16-32(38(51)20-35(25)48)43(53)41-31(29-12-10-27(46)18-36(29)49)14-24(5)15-34(41)42-39(52)21-40-33(44(42)54)17-26(9-7-23(3)4)45(55-40)30-13-11-28(47)19-37(30)50/h6-7,10-13,15-16,18-21,31,34,41,46-52,54H,8-9,14,17H2,1-5H3. The Bertz CT molecular complexity index is 2320. The first-order chi connectivity index (χ1) is 26.0. The number of Topliss-reactive ketones (excluding diaryl/α,β-unsaturated/α-hetero) is 1. The Kier molecular flexibility index (Phi) is 10.6. The molecule has 3 atom stereocenters. The number of allylic oxidation sites excluding steroid dienone is 7. The van der Waals surface area contributed by atoms with E-state index in [9.17, 15) is 45.6 Å². The third kappa shape index (κ3) is 7.71. The molecule has 0 fully saturated rings. The Labute approximate surface area is 319 Å². The molecule has 0 bridgehead atoms. The molecule has 0 aromatic heterocycles. The zero-order valence-electron chi connectivity index (χ0n) is 31.4. The van der Waals surface area contributed by atoms with Gasteiger partial charge in [-0.1, -0.05) is 41.0 Å². The fourth-order valence-electron chi connectivity index (χ4n) is 7.64. The van der Waals surface area contributed by atoms with Gasteiger partial charge in [0.1, 0.15) is 57.5 Å². The highest BCUT2D eigenvalue weighted by atomic mass is 16.5. The lowest BCUT2D eigenvalue weighted by molar-refractivity contribution is 0.0876. The van der Waals surface area contributed by atoms with Gasteiger partial charge in [-0.05, 0) is 94.8 Å². The minimum atomic E-state index is -1.12. The highest BCUT2D eigenvalue weighted by Gasteiger charge is 2.44. The van der Waals surface area contributed by atoms with Gasteiger partial charge in [0.2, 0.25) is 0 Å². The maximum Gasteiger partial charge on any atom is 0.171 e. The summed E-state index contributed by atoms with van der Waals surface area (Å²) in [6, 6.07) is 12.2. The number of carbonyl (C=O) groups excluding carboxylic acids is 1. The Morgan fingerprint density at radius 2 is 1.40 bits per heavy atom. The Hall–Kier alpha value is -6.29. The fourth-order valence-corrected chi connectivity index (χ4v) is 7.64. The Balaban J connectivity index is 1.54. The van der Waals surface area contributed by atoms with Crippen LogP contribution in [0.3, 0.4) is 0 Å². The summed E-state index contributed by atoms with van der Waals surface area (Å²) in [6.07, 6.45) is 6.79. The first kappa shape index (κ1) is 38.4. The summed E-state index contributed by atoms with van der Waals surface area (Å²) in [5.41, 5.74) is 4.90. The van der Waals surface area contributed by atoms with Crippen molar-refractivity contribution in [1.82, 2.24) is 0 Å². The van der Waals surface area contributed by atoms with E-state index < -0.39 is 29.3 Å². The zero-order chi connectivity index (χ0) is 39.9. The number of hydrogen-bond donors (Lipinski definition) is 8. The molecule has 1 heterocycles. The predicted molar refractivity (Wildman–Crippen MR) is 209 cm³/mol. The van der Waals surface area contributed by atoms with Gasteiger partial charge in [0.05, 0.1) is 11.1 Å². The summed E-state index contributed by atoms with van der Waals surface area (Å²) in [6.45, 7) is 9.54. The lowest BCUT2D eigenvalue weighted by Gasteiger charge is -2.38. The number of phenols is 8. The molecule has 0 amide bonds. The van der Waals surface area contributed by atoms with E-state index in [0.29, 0.717) is 52.8 Å². The van der Waals surface area contributed by atoms with Crippen molar-refractivity contribution in [3.05, 3.63) is 128 Å². The Morgan fingerprint density at radius 3 is 2.05 bits per heavy atom. The van der Waals surface area contributed by atoms with Gasteiger partial charge in [0.25, 0.3) is 0 Å². The first-order valence-corrected chi connectivity index (χ1v) is 18.1. The topological polar surface area (TPSA) is 188 Å². The van der Waals surface area contributed by atoms with Crippen molar-refractivity contribution in [2.45, 2.75) is 72.1 Å². The number of ether oxygens (including phenoxy) is 1. The SMILES string of the molecule is CC(C)=CCC1=C(c2ccc(O)cc2O)Oc2cc(O)c(C3C=C(C)CC(c4ccc(O)cc4O)C3C(=O)c3cc(CC=C(C)C)c(O)cc3O)c(O)c2C1. The maximum atomic E-state index is 15.0. The van der Waals surface area contributed by atoms with Crippen LogP contribution < -0.4 is 4.74 Å². The second kappa shape index (κ2) is 15.2. The third-order valence-electron chi connectivity index (χ3n) is 10.4. The van der Waals surface area contributed by atoms with Crippen LogP contribution in [-0.4, -0.2) is 46.6 Å². The highest BCUT2D eigenvalue weighted by Crippen LogP contribution is 2.56. The molecular weight excluding hydrogens is 700 g/mol. The van der Waals surface area contributed by atoms with E-state index in [0.717, 1.165) is 22.8 Å². The molecule has 0 saturated heterocycles. The molecular formula is C45H46O10. The molecule has 4 aromatic rings. The van der Waals surface area contributed by atoms with Crippen LogP contribution in [0.4, 0.5) is 0 Å². The number of ketones is 1. The zero-order valence-corrected chi connectivity index (χ0v) is 31.4. The molecule has 4 aromatic carbocycles. The van der Waals surface area contributed by atoms with Crippen LogP contribution in [0.2, 0.25) is 0 Å². The largest absolute Gasteiger partial charge is 0.508 e. The number of phenolic OH excluding ortho intramolecular Hbond substituents is 8. The van der Waals surface area contributed by atoms with Crippen LogP contribution >= 0.6 is 0 Å². The van der Waals surface area contributed by atoms with Crippen LogP contribution in [0.5, 0.6) is 51.7 Å². The van der Waals surface area contributed by atoms with Crippen molar-refractivity contribution in [1.29, 1.82) is 0 Å². The first-order valence-electron chi connectivity index (χ1n) is 18.1. The van der Waals surface area contributed by atoms with Crippen molar-refractivity contribution in [2.75, 3.05) is 0 Å². The molecule has 0 radical (unpaired) electrons. The van der Waals surface area contributed by atoms with E-state index in [1.54, 1.807) is 6.08 Å². The average molecular weight is 747 g/mol. The molecule has 55 heavy (non-hydrogen) atoms. The number of carbonyl (C=O) groups is 1. The molecule has 286 valence electrons. The van der Waals surface area contributed by atoms with Gasteiger partial charge < -0.3 is 45.6 Å². The summed E-state index contributed by atoms with van der Waals surface area (Å²) in [4.78, 5) is 15.0. The van der Waals surface area contributed by atoms with Crippen molar-refractivity contribution in [2.24, 2.45) is 5.92 Å². The maximum absolute atomic E-state index is 15.0. The Morgan fingerprint density at radius 1 is 0.745 bits per heavy atom. The molecule has 10 heteroatoms. The molecule has 1 aliphatic carbocycles. The number of aromatic hydroxyl groups is 8. The monoisotopic (exact) mass is 746 g/mol. The lowest BCUT2D eigenvalue weighted by Crippen LogP contribution is -2.32. The van der Waals surface area contributed by atoms with E-state index in [1.165, 1.54) is 48.5 Å². The molecule has 6 rings (SSSR count). The van der Waals surface area contributed by atoms with Gasteiger partial charge in [-0.15, -0.1) is 0 Å². The van der Waals surface area contributed by atoms with Crippen molar-refractivity contribution >= 4 is 11.5 Å². The molecule has 0 saturated carbocycles. The second-order valence-corrected chi connectivity index (χ2v) is 15.0. The molecule has 1 aliphatic heterocycles. The number of rotatable bonds is 9. The van der Waals surface area contributed by atoms with E-state index in [1.807, 2.05) is 46.8 Å². The summed E-state index contributed by atoms with van der Waals surface area (Å²) < 4.78 is 6.34. The quantitative estimate of drug-likeness (QED) is 0.0606. The van der Waals surface area contributed by atoms with Gasteiger partial charge in [0, 0.05) is 59.6 Å². The van der Waals surface area contributed by atoms with Gasteiger partial charge in [0.15, 0.2) is 5.78 Å². The molecule has 2 aliphatic rings. The molecule has 8 N–H and O–H groups in total. The minimum Gasteiger partial charge on any atom is -0.508 e. The van der Waals surface area contributed by atoms with E-state index in [4.69, 9.17) is 4.74 Å². The molecule has 10 nitrogen and oxygen atoms in total. The minimum absolute atomic E-state index is 0.0449. The van der Waals surface area contributed by atoms with Gasteiger partial charge >= 0.3 is 0 Å². The molecule has 3 unspecified atom stereocenters. The molecule has 0 spiro atoms. The van der Waals surface area contributed by atoms with Crippen LogP contribution in [0, 0.1) is 5.92 Å². The number of fused-ring (bicyclic) bond motifs is 1. The van der Waals surface area contributed by atoms with Crippen LogP contribution in [-0.2, 0) is 12.8 Å². The smallest absolute Gasteiger partial charge is 0.171 e. The van der Waals surface area contributed by atoms with Gasteiger partial charge in [-0.25, -0.2) is 0 Å². The van der Waals surface area contributed by atoms with Crippen LogP contribution in [0.1, 0.15) is 97.5 Å². The predicted octanol–water partition coefficient (Wildman–Crippen LogP) is 9.26. The number of hydrogen-bond acceptors (Lipinski definition) is 10. The van der Waals surface area contributed by atoms with Crippen molar-refractivity contribution in [3.8, 4) is 51.7 Å². The summed E-state index contributed by atoms with van der Waals surface area (Å²) in [5.74, 6) is -5.05. The highest BCUT2D eigenvalue weighted by molar-refractivity contribution is 6.02. The summed E-state index contributed by atoms with van der Waals surface area (Å²) in [7, 11) is 0. The second-order valence-electron chi connectivity index (χ2n) is 15.0. The third-order valence-corrected chi connectivity index (χ3v) is 10.4. The normalized spacial score (nSPS) is 17.8. The van der Waals surface area contributed by atoms with E-state index >= 15 is 0 Å². The van der Waals surface area contributed by atoms with Crippen molar-refractivity contribution in [3.63, 3.8) is 0 Å². The van der Waals surface area contributed by atoms with E-state index in [-0.39, 0.29) is 63.5 Å². The van der Waals surface area contributed by atoms with Crippen molar-refractivity contribution < 1.29 is 50.4 Å². The summed E-state index contributed by atoms with van der Waals surface area (Å²) >= 11 is 0. The number of benzene rings is 4. The van der Waals surface area contributed by atoms with Gasteiger partial charge in [-0.3, -0.25) is 4.79 Å². The average Bonchev–Trinajstić information content (AvgIpc) is 3.09.